The van der Waals surface area contributed by atoms with Gasteiger partial charge in [0.05, 0.1) is 11.2 Å². The summed E-state index contributed by atoms with van der Waals surface area (Å²) in [6, 6.07) is 11.0. The van der Waals surface area contributed by atoms with Gasteiger partial charge < -0.3 is 4.90 Å². The van der Waals surface area contributed by atoms with Crippen molar-refractivity contribution in [2.75, 3.05) is 27.2 Å². The molecule has 2 bridgehead atoms. The number of likely N-dealkylation sites (tertiary alicyclic amines) is 1. The Morgan fingerprint density at radius 1 is 1.13 bits per heavy atom. The summed E-state index contributed by atoms with van der Waals surface area (Å²) < 4.78 is 0. The van der Waals surface area contributed by atoms with Crippen molar-refractivity contribution >= 4 is 22.5 Å². The third-order valence-electron chi connectivity index (χ3n) is 5.55. The van der Waals surface area contributed by atoms with Crippen LogP contribution in [0.1, 0.15) is 18.5 Å². The van der Waals surface area contributed by atoms with E-state index in [9.17, 15) is 0 Å². The number of hydrogen-bond acceptors (Lipinski definition) is 3. The molecule has 1 aliphatic carbocycles. The monoisotopic (exact) mass is 329 g/mol. The van der Waals surface area contributed by atoms with Gasteiger partial charge in [-0.15, -0.1) is 0 Å². The van der Waals surface area contributed by atoms with Crippen LogP contribution in [-0.2, 0) is 6.54 Å². The molecule has 1 aliphatic heterocycles. The molecule has 0 radical (unpaired) electrons. The third kappa shape index (κ3) is 2.98. The number of hydrogen-bond donors (Lipinski definition) is 0. The number of fused-ring (bicyclic) bond motifs is 3. The average Bonchev–Trinajstić information content (AvgIpc) is 2.79. The summed E-state index contributed by atoms with van der Waals surface area (Å²) in [6.07, 6.45) is 2.77. The molecule has 4 rings (SSSR count). The number of nitrogens with zero attached hydrogens (tertiary/aromatic N) is 3. The molecule has 1 aromatic heterocycles. The number of halogens is 1. The predicted octanol–water partition coefficient (Wildman–Crippen LogP) is 3.66. The molecule has 1 saturated heterocycles. The first kappa shape index (κ1) is 15.4. The van der Waals surface area contributed by atoms with E-state index in [1.165, 1.54) is 31.6 Å². The van der Waals surface area contributed by atoms with E-state index in [0.29, 0.717) is 0 Å². The predicted molar refractivity (Wildman–Crippen MR) is 95.7 cm³/mol. The average molecular weight is 330 g/mol. The molecule has 0 amide bonds. The van der Waals surface area contributed by atoms with Gasteiger partial charge in [0.2, 0.25) is 0 Å². The van der Waals surface area contributed by atoms with Crippen molar-refractivity contribution < 1.29 is 0 Å². The third-order valence-corrected chi connectivity index (χ3v) is 5.79. The van der Waals surface area contributed by atoms with Gasteiger partial charge in [-0.05, 0) is 63.0 Å². The van der Waals surface area contributed by atoms with Crippen LogP contribution in [0, 0.1) is 11.8 Å². The lowest BCUT2D eigenvalue weighted by Gasteiger charge is -2.41. The number of benzene rings is 1. The molecule has 1 saturated carbocycles. The summed E-state index contributed by atoms with van der Waals surface area (Å²) in [6.45, 7) is 3.38. The van der Waals surface area contributed by atoms with Crippen molar-refractivity contribution in [3.63, 3.8) is 0 Å². The second-order valence-corrected chi connectivity index (χ2v) is 7.82. The number of rotatable bonds is 3. The smallest absolute Gasteiger partial charge is 0.0706 e. The number of piperidine rings is 1. The Labute approximate surface area is 143 Å². The van der Waals surface area contributed by atoms with Gasteiger partial charge in [0.25, 0.3) is 0 Å². The molecule has 2 aliphatic rings. The van der Waals surface area contributed by atoms with Crippen LogP contribution in [0.25, 0.3) is 10.9 Å². The maximum atomic E-state index is 6.05. The summed E-state index contributed by atoms with van der Waals surface area (Å²) in [5.41, 5.74) is 2.21. The van der Waals surface area contributed by atoms with Crippen molar-refractivity contribution in [2.45, 2.75) is 25.4 Å². The Morgan fingerprint density at radius 3 is 2.57 bits per heavy atom. The molecule has 1 unspecified atom stereocenters. The van der Waals surface area contributed by atoms with E-state index in [4.69, 9.17) is 16.6 Å². The normalized spacial score (nSPS) is 27.9. The fourth-order valence-corrected chi connectivity index (χ4v) is 4.90. The maximum Gasteiger partial charge on any atom is 0.0706 e. The molecule has 3 nitrogen and oxygen atoms in total. The Morgan fingerprint density at radius 2 is 1.87 bits per heavy atom. The van der Waals surface area contributed by atoms with Crippen LogP contribution in [0.5, 0.6) is 0 Å². The van der Waals surface area contributed by atoms with Gasteiger partial charge in [0, 0.05) is 36.1 Å². The minimum Gasteiger partial charge on any atom is -0.306 e. The second kappa shape index (κ2) is 6.04. The van der Waals surface area contributed by atoms with Gasteiger partial charge in [0.15, 0.2) is 0 Å². The molecular weight excluding hydrogens is 306 g/mol. The second-order valence-electron chi connectivity index (χ2n) is 7.39. The Bertz CT molecular complexity index is 701. The molecule has 122 valence electrons. The van der Waals surface area contributed by atoms with E-state index in [0.717, 1.165) is 40.3 Å². The zero-order valence-corrected chi connectivity index (χ0v) is 14.6. The molecule has 2 fully saturated rings. The summed E-state index contributed by atoms with van der Waals surface area (Å²) in [4.78, 5) is 9.87. The van der Waals surface area contributed by atoms with Crippen molar-refractivity contribution in [3.05, 3.63) is 41.0 Å². The summed E-state index contributed by atoms with van der Waals surface area (Å²) >= 11 is 6.05. The molecule has 0 N–H and O–H groups in total. The van der Waals surface area contributed by atoms with Gasteiger partial charge in [0.1, 0.15) is 0 Å². The van der Waals surface area contributed by atoms with Crippen LogP contribution in [0.2, 0.25) is 5.02 Å². The van der Waals surface area contributed by atoms with E-state index in [1.807, 2.05) is 18.2 Å². The fourth-order valence-electron chi connectivity index (χ4n) is 4.72. The Kier molecular flexibility index (Phi) is 4.04. The van der Waals surface area contributed by atoms with E-state index in [1.54, 1.807) is 0 Å². The summed E-state index contributed by atoms with van der Waals surface area (Å²) in [5.74, 6) is 1.64. The first-order chi connectivity index (χ1) is 11.1. The molecular formula is C19H24ClN3. The van der Waals surface area contributed by atoms with E-state index in [2.05, 4.69) is 36.0 Å². The molecule has 2 heterocycles. The Balaban J connectivity index is 1.50. The summed E-state index contributed by atoms with van der Waals surface area (Å²) in [7, 11) is 4.48. The number of pyridine rings is 1. The minimum absolute atomic E-state index is 0.773. The van der Waals surface area contributed by atoms with Crippen LogP contribution >= 0.6 is 11.6 Å². The summed E-state index contributed by atoms with van der Waals surface area (Å²) in [5, 5.41) is 1.89. The van der Waals surface area contributed by atoms with Crippen molar-refractivity contribution in [3.8, 4) is 0 Å². The lowest BCUT2D eigenvalue weighted by molar-refractivity contribution is 0.0708. The highest BCUT2D eigenvalue weighted by molar-refractivity contribution is 6.31. The molecule has 3 atom stereocenters. The quantitative estimate of drug-likeness (QED) is 0.856. The largest absolute Gasteiger partial charge is 0.306 e. The van der Waals surface area contributed by atoms with Crippen LogP contribution in [-0.4, -0.2) is 48.0 Å². The highest BCUT2D eigenvalue weighted by atomic mass is 35.5. The first-order valence-corrected chi connectivity index (χ1v) is 8.92. The van der Waals surface area contributed by atoms with Crippen LogP contribution in [0.3, 0.4) is 0 Å². The number of aromatic nitrogens is 1. The zero-order valence-electron chi connectivity index (χ0n) is 13.9. The van der Waals surface area contributed by atoms with Crippen molar-refractivity contribution in [1.29, 1.82) is 0 Å². The lowest BCUT2D eigenvalue weighted by Crippen LogP contribution is -2.50. The van der Waals surface area contributed by atoms with E-state index in [-0.39, 0.29) is 0 Å². The van der Waals surface area contributed by atoms with Crippen molar-refractivity contribution in [1.82, 2.24) is 14.8 Å². The minimum atomic E-state index is 0.773. The highest BCUT2D eigenvalue weighted by Crippen LogP contribution is 2.39. The zero-order chi connectivity index (χ0) is 16.0. The van der Waals surface area contributed by atoms with Crippen LogP contribution < -0.4 is 0 Å². The Hall–Kier alpha value is -1.16. The van der Waals surface area contributed by atoms with Crippen LogP contribution in [0.15, 0.2) is 30.3 Å². The molecule has 4 heteroatoms. The molecule has 2 aromatic rings. The van der Waals surface area contributed by atoms with E-state index >= 15 is 0 Å². The maximum absolute atomic E-state index is 6.05. The van der Waals surface area contributed by atoms with Crippen molar-refractivity contribution in [2.24, 2.45) is 11.8 Å². The fraction of sp³-hybridized carbons (Fsp3) is 0.526. The van der Waals surface area contributed by atoms with Gasteiger partial charge in [-0.3, -0.25) is 9.88 Å². The SMILES string of the molecule is CN(C)C1[C@@H]2CC[C@H]1CN(Cc1ccc3cc(Cl)ccc3n1)C2. The molecule has 1 aromatic carbocycles. The highest BCUT2D eigenvalue weighted by Gasteiger charge is 2.42. The molecule has 23 heavy (non-hydrogen) atoms. The van der Waals surface area contributed by atoms with Gasteiger partial charge in [-0.2, -0.15) is 0 Å². The van der Waals surface area contributed by atoms with Crippen LogP contribution in [0.4, 0.5) is 0 Å². The van der Waals surface area contributed by atoms with Gasteiger partial charge >= 0.3 is 0 Å². The van der Waals surface area contributed by atoms with Gasteiger partial charge in [-0.25, -0.2) is 0 Å². The first-order valence-electron chi connectivity index (χ1n) is 8.54. The topological polar surface area (TPSA) is 19.4 Å². The van der Waals surface area contributed by atoms with E-state index < -0.39 is 0 Å². The lowest BCUT2D eigenvalue weighted by atomic mass is 9.91. The standard InChI is InChI=1S/C19H24ClN3/c1-22(2)19-14-3-4-15(19)11-23(10-14)12-17-7-5-13-9-16(20)6-8-18(13)21-17/h5-9,14-15,19H,3-4,10-12H2,1-2H3/t14-,15+,19?. The van der Waals surface area contributed by atoms with Gasteiger partial charge in [-0.1, -0.05) is 17.7 Å². The molecule has 0 spiro atoms.